The van der Waals surface area contributed by atoms with Crippen LogP contribution in [0.3, 0.4) is 0 Å². The number of nitrogens with one attached hydrogen (secondary N) is 1. The van der Waals surface area contributed by atoms with Crippen molar-refractivity contribution in [2.24, 2.45) is 5.92 Å². The van der Waals surface area contributed by atoms with Gasteiger partial charge in [-0.25, -0.2) is 8.42 Å². The molecule has 2 N–H and O–H groups in total. The van der Waals surface area contributed by atoms with Crippen LogP contribution in [-0.2, 0) is 14.8 Å². The monoisotopic (exact) mass is 260 g/mol. The predicted molar refractivity (Wildman–Crippen MR) is 60.5 cm³/mol. The summed E-state index contributed by atoms with van der Waals surface area (Å²) in [5.74, 6) is -1.72. The largest absolute Gasteiger partial charge is 0.480 e. The maximum Gasteiger partial charge on any atom is 0.324 e. The Morgan fingerprint density at radius 1 is 1.65 bits per heavy atom. The van der Waals surface area contributed by atoms with Crippen LogP contribution in [0, 0.1) is 17.2 Å². The minimum Gasteiger partial charge on any atom is -0.480 e. The fourth-order valence-electron chi connectivity index (χ4n) is 2.30. The highest BCUT2D eigenvalue weighted by atomic mass is 32.2. The molecular formula is C10H16N2O4S. The van der Waals surface area contributed by atoms with E-state index >= 15 is 0 Å². The summed E-state index contributed by atoms with van der Waals surface area (Å²) in [7, 11) is -3.85. The molecule has 0 aromatic rings. The van der Waals surface area contributed by atoms with Gasteiger partial charge in [-0.05, 0) is 18.8 Å². The summed E-state index contributed by atoms with van der Waals surface area (Å²) >= 11 is 0. The fourth-order valence-corrected chi connectivity index (χ4v) is 3.41. The first-order valence-corrected chi connectivity index (χ1v) is 7.08. The second-order valence-corrected chi connectivity index (χ2v) is 6.33. The average Bonchev–Trinajstić information content (AvgIpc) is 2.15. The zero-order valence-corrected chi connectivity index (χ0v) is 10.5. The lowest BCUT2D eigenvalue weighted by molar-refractivity contribution is -0.146. The van der Waals surface area contributed by atoms with Crippen molar-refractivity contribution < 1.29 is 18.3 Å². The second-order valence-electron chi connectivity index (χ2n) is 4.61. The summed E-state index contributed by atoms with van der Waals surface area (Å²) in [5, 5.41) is 17.6. The lowest BCUT2D eigenvalue weighted by atomic mass is 9.77. The second kappa shape index (κ2) is 5.02. The fraction of sp³-hybridized carbons (Fsp3) is 0.800. The van der Waals surface area contributed by atoms with Crippen LogP contribution in [0.15, 0.2) is 0 Å². The van der Waals surface area contributed by atoms with Crippen LogP contribution in [-0.4, -0.2) is 30.8 Å². The van der Waals surface area contributed by atoms with E-state index in [9.17, 15) is 18.3 Å². The molecule has 2 atom stereocenters. The maximum atomic E-state index is 11.5. The van der Waals surface area contributed by atoms with Crippen molar-refractivity contribution in [3.63, 3.8) is 0 Å². The number of nitriles is 1. The third-order valence-corrected chi connectivity index (χ3v) is 4.22. The van der Waals surface area contributed by atoms with E-state index in [2.05, 4.69) is 4.72 Å². The van der Waals surface area contributed by atoms with Gasteiger partial charge in [-0.1, -0.05) is 19.8 Å². The third kappa shape index (κ3) is 3.41. The molecule has 2 unspecified atom stereocenters. The quantitative estimate of drug-likeness (QED) is 0.763. The molecule has 0 spiro atoms. The molecule has 7 heteroatoms. The van der Waals surface area contributed by atoms with Gasteiger partial charge in [0.15, 0.2) is 5.75 Å². The van der Waals surface area contributed by atoms with Crippen molar-refractivity contribution in [1.29, 1.82) is 5.26 Å². The molecule has 0 heterocycles. The van der Waals surface area contributed by atoms with E-state index in [4.69, 9.17) is 5.26 Å². The molecule has 1 rings (SSSR count). The standard InChI is InChI=1S/C10H16N2O4S/c1-8-3-2-4-10(7-8,9(13)14)12-17(15,16)6-5-11/h8,12H,2-4,6-7H2,1H3,(H,13,14). The molecule has 1 aliphatic rings. The van der Waals surface area contributed by atoms with Crippen molar-refractivity contribution in [3.05, 3.63) is 0 Å². The van der Waals surface area contributed by atoms with Crippen molar-refractivity contribution >= 4 is 16.0 Å². The van der Waals surface area contributed by atoms with Gasteiger partial charge >= 0.3 is 5.97 Å². The van der Waals surface area contributed by atoms with Gasteiger partial charge in [0.25, 0.3) is 0 Å². The van der Waals surface area contributed by atoms with E-state index < -0.39 is 27.3 Å². The first-order valence-electron chi connectivity index (χ1n) is 5.43. The van der Waals surface area contributed by atoms with Gasteiger partial charge in [0, 0.05) is 0 Å². The molecular weight excluding hydrogens is 244 g/mol. The highest BCUT2D eigenvalue weighted by Crippen LogP contribution is 2.33. The zero-order chi connectivity index (χ0) is 13.1. The molecule has 0 bridgehead atoms. The molecule has 96 valence electrons. The van der Waals surface area contributed by atoms with Gasteiger partial charge in [0.2, 0.25) is 10.0 Å². The topological polar surface area (TPSA) is 107 Å². The number of rotatable bonds is 4. The smallest absolute Gasteiger partial charge is 0.324 e. The van der Waals surface area contributed by atoms with Crippen molar-refractivity contribution in [2.45, 2.75) is 38.1 Å². The summed E-state index contributed by atoms with van der Waals surface area (Å²) in [5.41, 5.74) is -1.44. The highest BCUT2D eigenvalue weighted by molar-refractivity contribution is 7.89. The Kier molecular flexibility index (Phi) is 4.11. The molecule has 1 aliphatic carbocycles. The van der Waals surface area contributed by atoms with Crippen LogP contribution in [0.5, 0.6) is 0 Å². The molecule has 1 fully saturated rings. The third-order valence-electron chi connectivity index (χ3n) is 3.01. The number of aliphatic carboxylic acids is 1. The molecule has 0 saturated heterocycles. The molecule has 6 nitrogen and oxygen atoms in total. The Labute approximate surface area is 101 Å². The van der Waals surface area contributed by atoms with E-state index in [0.717, 1.165) is 6.42 Å². The number of hydrogen-bond donors (Lipinski definition) is 2. The Morgan fingerprint density at radius 3 is 2.76 bits per heavy atom. The number of carboxylic acids is 1. The first kappa shape index (κ1) is 13.9. The van der Waals surface area contributed by atoms with Crippen molar-refractivity contribution in [3.8, 4) is 6.07 Å². The van der Waals surface area contributed by atoms with Gasteiger partial charge in [-0.15, -0.1) is 0 Å². The molecule has 0 radical (unpaired) electrons. The van der Waals surface area contributed by atoms with Crippen LogP contribution in [0.4, 0.5) is 0 Å². The minimum atomic E-state index is -3.85. The molecule has 0 aromatic heterocycles. The Balaban J connectivity index is 2.94. The van der Waals surface area contributed by atoms with Gasteiger partial charge in [-0.3, -0.25) is 4.79 Å². The number of nitrogens with zero attached hydrogens (tertiary/aromatic N) is 1. The summed E-state index contributed by atoms with van der Waals surface area (Å²) in [6, 6.07) is 1.52. The van der Waals surface area contributed by atoms with E-state index in [0.29, 0.717) is 6.42 Å². The van der Waals surface area contributed by atoms with Crippen LogP contribution in [0.2, 0.25) is 0 Å². The Hall–Kier alpha value is -1.13. The van der Waals surface area contributed by atoms with Gasteiger partial charge in [0.1, 0.15) is 5.54 Å². The summed E-state index contributed by atoms with van der Waals surface area (Å²) in [6.45, 7) is 1.90. The number of carbonyl (C=O) groups is 1. The van der Waals surface area contributed by atoms with E-state index in [1.54, 1.807) is 0 Å². The molecule has 0 aliphatic heterocycles. The molecule has 0 aromatic carbocycles. The Morgan fingerprint density at radius 2 is 2.29 bits per heavy atom. The molecule has 1 saturated carbocycles. The average molecular weight is 260 g/mol. The van der Waals surface area contributed by atoms with Crippen LogP contribution in [0.25, 0.3) is 0 Å². The number of carboxylic acid groups (broad SMARTS) is 1. The highest BCUT2D eigenvalue weighted by Gasteiger charge is 2.44. The van der Waals surface area contributed by atoms with Crippen molar-refractivity contribution in [2.75, 3.05) is 5.75 Å². The maximum absolute atomic E-state index is 11.5. The van der Waals surface area contributed by atoms with Crippen LogP contribution >= 0.6 is 0 Å². The first-order chi connectivity index (χ1) is 7.81. The van der Waals surface area contributed by atoms with Crippen LogP contribution in [0.1, 0.15) is 32.6 Å². The zero-order valence-electron chi connectivity index (χ0n) is 9.64. The van der Waals surface area contributed by atoms with Gasteiger partial charge in [0.05, 0.1) is 6.07 Å². The number of hydrogen-bond acceptors (Lipinski definition) is 4. The van der Waals surface area contributed by atoms with Crippen LogP contribution < -0.4 is 4.72 Å². The normalized spacial score (nSPS) is 29.5. The summed E-state index contributed by atoms with van der Waals surface area (Å²) < 4.78 is 25.2. The molecule has 0 amide bonds. The molecule has 17 heavy (non-hydrogen) atoms. The van der Waals surface area contributed by atoms with E-state index in [-0.39, 0.29) is 18.8 Å². The minimum absolute atomic E-state index is 0.157. The summed E-state index contributed by atoms with van der Waals surface area (Å²) in [4.78, 5) is 11.3. The van der Waals surface area contributed by atoms with Crippen molar-refractivity contribution in [1.82, 2.24) is 4.72 Å². The lowest BCUT2D eigenvalue weighted by Gasteiger charge is -2.36. The lowest BCUT2D eigenvalue weighted by Crippen LogP contribution is -2.57. The van der Waals surface area contributed by atoms with Gasteiger partial charge in [-0.2, -0.15) is 9.98 Å². The van der Waals surface area contributed by atoms with E-state index in [1.807, 2.05) is 6.92 Å². The van der Waals surface area contributed by atoms with E-state index in [1.165, 1.54) is 6.07 Å². The Bertz CT molecular complexity index is 440. The summed E-state index contributed by atoms with van der Waals surface area (Å²) in [6.07, 6.45) is 2.11. The number of sulfonamides is 1. The van der Waals surface area contributed by atoms with Gasteiger partial charge < -0.3 is 5.11 Å². The predicted octanol–water partition coefficient (Wildman–Crippen LogP) is 0.463. The SMILES string of the molecule is CC1CCCC(NS(=O)(=O)CC#N)(C(=O)O)C1.